The van der Waals surface area contributed by atoms with Crippen LogP contribution in [0.1, 0.15) is 29.7 Å². The van der Waals surface area contributed by atoms with Crippen LogP contribution in [0, 0.1) is 11.8 Å². The third kappa shape index (κ3) is 3.62. The highest BCUT2D eigenvalue weighted by Gasteiger charge is 2.27. The maximum atomic E-state index is 2.34. The lowest BCUT2D eigenvalue weighted by molar-refractivity contribution is 0.204. The molecular weight excluding hydrogens is 308 g/mol. The molecule has 0 N–H and O–H groups in total. The van der Waals surface area contributed by atoms with Crippen LogP contribution in [0.2, 0.25) is 0 Å². The Morgan fingerprint density at radius 3 is 2.17 bits per heavy atom. The van der Waals surface area contributed by atoms with Crippen LogP contribution in [0.25, 0.3) is 11.1 Å². The molecule has 0 radical (unpaired) electrons. The van der Waals surface area contributed by atoms with Gasteiger partial charge in [0, 0.05) is 4.88 Å². The summed E-state index contributed by atoms with van der Waals surface area (Å²) in [6.07, 6.45) is 6.76. The summed E-state index contributed by atoms with van der Waals surface area (Å²) in [7, 11) is 0. The molecule has 0 bridgehead atoms. The van der Waals surface area contributed by atoms with E-state index in [1.165, 1.54) is 48.8 Å². The van der Waals surface area contributed by atoms with E-state index < -0.39 is 0 Å². The number of hydrogen-bond acceptors (Lipinski definition) is 1. The molecule has 0 aliphatic heterocycles. The Bertz CT molecular complexity index is 736. The molecule has 1 heterocycles. The molecule has 0 spiro atoms. The van der Waals surface area contributed by atoms with E-state index in [-0.39, 0.29) is 0 Å². The third-order valence-electron chi connectivity index (χ3n) is 5.42. The molecule has 1 atom stereocenters. The number of benzene rings is 2. The molecule has 1 saturated carbocycles. The molecule has 1 aromatic heterocycles. The molecule has 1 aliphatic carbocycles. The van der Waals surface area contributed by atoms with E-state index in [0.717, 1.165) is 11.8 Å². The normalized spacial score (nSPS) is 15.8. The molecule has 24 heavy (non-hydrogen) atoms. The fourth-order valence-electron chi connectivity index (χ4n) is 3.77. The zero-order chi connectivity index (χ0) is 16.2. The molecule has 1 heteroatoms. The topological polar surface area (TPSA) is 0 Å². The van der Waals surface area contributed by atoms with E-state index in [1.54, 1.807) is 4.88 Å². The largest absolute Gasteiger partial charge is 0.149 e. The van der Waals surface area contributed by atoms with E-state index >= 15 is 0 Å². The summed E-state index contributed by atoms with van der Waals surface area (Å²) in [5.74, 6) is 1.74. The van der Waals surface area contributed by atoms with Crippen molar-refractivity contribution in [3.63, 3.8) is 0 Å². The van der Waals surface area contributed by atoms with Crippen molar-refractivity contribution in [3.05, 3.63) is 82.6 Å². The molecule has 122 valence electrons. The maximum Gasteiger partial charge on any atom is 0.00481 e. The fourth-order valence-corrected chi connectivity index (χ4v) is 4.57. The van der Waals surface area contributed by atoms with E-state index in [4.69, 9.17) is 0 Å². The Morgan fingerprint density at radius 2 is 1.54 bits per heavy atom. The van der Waals surface area contributed by atoms with Crippen LogP contribution in [-0.2, 0) is 12.8 Å². The van der Waals surface area contributed by atoms with Gasteiger partial charge in [0.1, 0.15) is 0 Å². The highest BCUT2D eigenvalue weighted by Crippen LogP contribution is 2.37. The number of thiophene rings is 1. The molecule has 0 saturated heterocycles. The van der Waals surface area contributed by atoms with Gasteiger partial charge in [0.25, 0.3) is 0 Å². The van der Waals surface area contributed by atoms with Crippen molar-refractivity contribution in [1.29, 1.82) is 0 Å². The Labute approximate surface area is 149 Å². The lowest BCUT2D eigenvalue weighted by atomic mass is 9.72. The monoisotopic (exact) mass is 332 g/mol. The van der Waals surface area contributed by atoms with Crippen LogP contribution < -0.4 is 0 Å². The number of rotatable bonds is 6. The van der Waals surface area contributed by atoms with Crippen molar-refractivity contribution in [3.8, 4) is 11.1 Å². The second-order valence-corrected chi connectivity index (χ2v) is 8.03. The van der Waals surface area contributed by atoms with Crippen LogP contribution in [0.4, 0.5) is 0 Å². The predicted molar refractivity (Wildman–Crippen MR) is 104 cm³/mol. The molecule has 0 nitrogen and oxygen atoms in total. The summed E-state index contributed by atoms with van der Waals surface area (Å²) in [5.41, 5.74) is 4.11. The summed E-state index contributed by atoms with van der Waals surface area (Å²) in [4.78, 5) is 1.55. The minimum absolute atomic E-state index is 0.806. The van der Waals surface area contributed by atoms with Gasteiger partial charge in [-0.2, -0.15) is 0 Å². The van der Waals surface area contributed by atoms with Crippen LogP contribution in [0.3, 0.4) is 0 Å². The zero-order valence-electron chi connectivity index (χ0n) is 14.0. The van der Waals surface area contributed by atoms with Crippen LogP contribution in [0.5, 0.6) is 0 Å². The average Bonchev–Trinajstić information content (AvgIpc) is 3.08. The molecule has 3 aromatic rings. The van der Waals surface area contributed by atoms with Gasteiger partial charge in [0.15, 0.2) is 0 Å². The first-order valence-electron chi connectivity index (χ1n) is 9.05. The van der Waals surface area contributed by atoms with Gasteiger partial charge in [-0.15, -0.1) is 11.3 Å². The van der Waals surface area contributed by atoms with Gasteiger partial charge in [-0.05, 0) is 52.8 Å². The lowest BCUT2D eigenvalue weighted by Gasteiger charge is -2.34. The average molecular weight is 333 g/mol. The third-order valence-corrected chi connectivity index (χ3v) is 6.32. The standard InChI is InChI=1S/C23H24S/c1-2-6-19(7-3-1)21-13-11-18(12-14-21)16-22(20-8-4-9-20)17-23-10-5-15-24-23/h1-3,5-7,10-15,20,22H,4,8-9,16-17H2. The fraction of sp³-hybridized carbons (Fsp3) is 0.304. The van der Waals surface area contributed by atoms with Crippen molar-refractivity contribution in [1.82, 2.24) is 0 Å². The van der Waals surface area contributed by atoms with Crippen molar-refractivity contribution >= 4 is 11.3 Å². The zero-order valence-corrected chi connectivity index (χ0v) is 14.8. The lowest BCUT2D eigenvalue weighted by Crippen LogP contribution is -2.25. The molecule has 1 fully saturated rings. The summed E-state index contributed by atoms with van der Waals surface area (Å²) in [6.45, 7) is 0. The van der Waals surface area contributed by atoms with E-state index in [2.05, 4.69) is 72.1 Å². The Morgan fingerprint density at radius 1 is 0.792 bits per heavy atom. The first-order valence-corrected chi connectivity index (χ1v) is 9.93. The molecular formula is C23H24S. The van der Waals surface area contributed by atoms with Crippen LogP contribution in [0.15, 0.2) is 72.1 Å². The highest BCUT2D eigenvalue weighted by molar-refractivity contribution is 7.09. The summed E-state index contributed by atoms with van der Waals surface area (Å²) < 4.78 is 0. The van der Waals surface area contributed by atoms with Gasteiger partial charge in [0.05, 0.1) is 0 Å². The Kier molecular flexibility index (Phi) is 4.80. The van der Waals surface area contributed by atoms with Crippen molar-refractivity contribution in [2.45, 2.75) is 32.1 Å². The van der Waals surface area contributed by atoms with Gasteiger partial charge in [-0.25, -0.2) is 0 Å². The molecule has 0 amide bonds. The van der Waals surface area contributed by atoms with Gasteiger partial charge in [-0.1, -0.05) is 79.9 Å². The Hall–Kier alpha value is -1.86. The first kappa shape index (κ1) is 15.7. The summed E-state index contributed by atoms with van der Waals surface area (Å²) in [6, 6.07) is 24.4. The van der Waals surface area contributed by atoms with Crippen LogP contribution >= 0.6 is 11.3 Å². The van der Waals surface area contributed by atoms with Crippen molar-refractivity contribution in [2.24, 2.45) is 11.8 Å². The smallest absolute Gasteiger partial charge is 0.00481 e. The second kappa shape index (κ2) is 7.36. The summed E-state index contributed by atoms with van der Waals surface area (Å²) in [5, 5.41) is 2.21. The van der Waals surface area contributed by atoms with Gasteiger partial charge >= 0.3 is 0 Å². The molecule has 1 aliphatic rings. The van der Waals surface area contributed by atoms with E-state index in [0.29, 0.717) is 0 Å². The van der Waals surface area contributed by atoms with Crippen LogP contribution in [-0.4, -0.2) is 0 Å². The number of hydrogen-bond donors (Lipinski definition) is 0. The molecule has 2 aromatic carbocycles. The molecule has 4 rings (SSSR count). The second-order valence-electron chi connectivity index (χ2n) is 7.00. The SMILES string of the molecule is c1ccc(-c2ccc(CC(Cc3cccs3)C3CCC3)cc2)cc1. The quantitative estimate of drug-likeness (QED) is 0.476. The maximum absolute atomic E-state index is 2.34. The van der Waals surface area contributed by atoms with E-state index in [1.807, 2.05) is 11.3 Å². The van der Waals surface area contributed by atoms with E-state index in [9.17, 15) is 0 Å². The van der Waals surface area contributed by atoms with Gasteiger partial charge in [0.2, 0.25) is 0 Å². The minimum atomic E-state index is 0.806. The summed E-state index contributed by atoms with van der Waals surface area (Å²) >= 11 is 1.91. The highest BCUT2D eigenvalue weighted by atomic mass is 32.1. The van der Waals surface area contributed by atoms with Crippen molar-refractivity contribution < 1.29 is 0 Å². The predicted octanol–water partition coefficient (Wildman–Crippen LogP) is 6.62. The molecule has 1 unspecified atom stereocenters. The Balaban J connectivity index is 1.47. The first-order chi connectivity index (χ1) is 11.9. The van der Waals surface area contributed by atoms with Crippen molar-refractivity contribution in [2.75, 3.05) is 0 Å². The van der Waals surface area contributed by atoms with Gasteiger partial charge < -0.3 is 0 Å². The minimum Gasteiger partial charge on any atom is -0.149 e. The van der Waals surface area contributed by atoms with Gasteiger partial charge in [-0.3, -0.25) is 0 Å².